The predicted molar refractivity (Wildman–Crippen MR) is 109 cm³/mol. The number of ether oxygens (including phenoxy) is 1. The number of hydrogen-bond donors (Lipinski definition) is 2. The summed E-state index contributed by atoms with van der Waals surface area (Å²) in [7, 11) is 0. The molecule has 0 radical (unpaired) electrons. The second kappa shape index (κ2) is 10.3. The third-order valence-electron chi connectivity index (χ3n) is 4.60. The maximum absolute atomic E-state index is 6.00. The average molecular weight is 465 g/mol. The van der Waals surface area contributed by atoms with Crippen molar-refractivity contribution in [2.24, 2.45) is 10.4 Å². The van der Waals surface area contributed by atoms with Crippen molar-refractivity contribution >= 4 is 29.9 Å². The van der Waals surface area contributed by atoms with Gasteiger partial charge in [0.2, 0.25) is 5.89 Å². The van der Waals surface area contributed by atoms with Gasteiger partial charge in [-0.3, -0.25) is 0 Å². The third-order valence-corrected chi connectivity index (χ3v) is 4.60. The highest BCUT2D eigenvalue weighted by atomic mass is 127. The van der Waals surface area contributed by atoms with Crippen LogP contribution in [0.2, 0.25) is 0 Å². The van der Waals surface area contributed by atoms with E-state index >= 15 is 0 Å². The Morgan fingerprint density at radius 2 is 2.16 bits per heavy atom. The van der Waals surface area contributed by atoms with Crippen molar-refractivity contribution in [3.8, 4) is 0 Å². The van der Waals surface area contributed by atoms with E-state index in [0.717, 1.165) is 32.0 Å². The summed E-state index contributed by atoms with van der Waals surface area (Å²) in [6, 6.07) is 0.342. The molecule has 1 aromatic rings. The Balaban J connectivity index is 0.00000312. The molecule has 8 heteroatoms. The van der Waals surface area contributed by atoms with E-state index in [-0.39, 0.29) is 29.4 Å². The topological polar surface area (TPSA) is 84.6 Å². The molecule has 1 fully saturated rings. The highest BCUT2D eigenvalue weighted by molar-refractivity contribution is 14.0. The second-order valence-corrected chi connectivity index (χ2v) is 6.89. The SMILES string of the molecule is CCCCOC1CC(NC(=NCc2noc(C)n2)NCC)C1(C)C.I. The van der Waals surface area contributed by atoms with E-state index in [0.29, 0.717) is 30.4 Å². The number of hydrogen-bond acceptors (Lipinski definition) is 5. The lowest BCUT2D eigenvalue weighted by Crippen LogP contribution is -2.63. The highest BCUT2D eigenvalue weighted by Crippen LogP contribution is 2.42. The van der Waals surface area contributed by atoms with Crippen LogP contribution in [0.4, 0.5) is 0 Å². The van der Waals surface area contributed by atoms with Gasteiger partial charge >= 0.3 is 0 Å². The van der Waals surface area contributed by atoms with Gasteiger partial charge in [-0.2, -0.15) is 4.98 Å². The van der Waals surface area contributed by atoms with Gasteiger partial charge in [-0.05, 0) is 19.8 Å². The van der Waals surface area contributed by atoms with Crippen molar-refractivity contribution in [1.82, 2.24) is 20.8 Å². The zero-order chi connectivity index (χ0) is 17.6. The number of unbranched alkanes of at least 4 members (excludes halogenated alkanes) is 1. The first-order valence-corrected chi connectivity index (χ1v) is 8.93. The fourth-order valence-corrected chi connectivity index (χ4v) is 2.82. The molecule has 1 heterocycles. The van der Waals surface area contributed by atoms with Crippen LogP contribution in [-0.2, 0) is 11.3 Å². The molecule has 0 bridgehead atoms. The maximum atomic E-state index is 6.00. The molecular formula is C17H32IN5O2. The molecule has 1 aliphatic carbocycles. The van der Waals surface area contributed by atoms with Gasteiger partial charge in [-0.15, -0.1) is 24.0 Å². The minimum Gasteiger partial charge on any atom is -0.378 e. The lowest BCUT2D eigenvalue weighted by molar-refractivity contribution is -0.113. The van der Waals surface area contributed by atoms with Crippen molar-refractivity contribution in [3.05, 3.63) is 11.7 Å². The summed E-state index contributed by atoms with van der Waals surface area (Å²) >= 11 is 0. The van der Waals surface area contributed by atoms with Crippen LogP contribution in [0, 0.1) is 12.3 Å². The number of aliphatic imine (C=N–C) groups is 1. The number of nitrogens with one attached hydrogen (secondary N) is 2. The molecule has 2 atom stereocenters. The smallest absolute Gasteiger partial charge is 0.223 e. The Bertz CT molecular complexity index is 547. The summed E-state index contributed by atoms with van der Waals surface area (Å²) in [6.07, 6.45) is 3.60. The van der Waals surface area contributed by atoms with Crippen LogP contribution in [-0.4, -0.2) is 41.4 Å². The van der Waals surface area contributed by atoms with Crippen LogP contribution >= 0.6 is 24.0 Å². The fourth-order valence-electron chi connectivity index (χ4n) is 2.82. The number of rotatable bonds is 8. The molecule has 25 heavy (non-hydrogen) atoms. The zero-order valence-corrected chi connectivity index (χ0v) is 18.3. The predicted octanol–water partition coefficient (Wildman–Crippen LogP) is 3.03. The van der Waals surface area contributed by atoms with Crippen LogP contribution in [0.3, 0.4) is 0 Å². The van der Waals surface area contributed by atoms with Crippen LogP contribution in [0.15, 0.2) is 9.52 Å². The van der Waals surface area contributed by atoms with Gasteiger partial charge in [0, 0.05) is 31.5 Å². The summed E-state index contributed by atoms with van der Waals surface area (Å²) in [4.78, 5) is 8.73. The highest BCUT2D eigenvalue weighted by Gasteiger charge is 2.49. The molecule has 0 saturated heterocycles. The van der Waals surface area contributed by atoms with Crippen LogP contribution in [0.25, 0.3) is 0 Å². The van der Waals surface area contributed by atoms with Gasteiger partial charge in [-0.25, -0.2) is 4.99 Å². The first-order valence-electron chi connectivity index (χ1n) is 8.93. The lowest BCUT2D eigenvalue weighted by Gasteiger charge is -2.52. The Hall–Kier alpha value is -0.900. The Kier molecular flexibility index (Phi) is 9.12. The number of halogens is 1. The monoisotopic (exact) mass is 465 g/mol. The minimum absolute atomic E-state index is 0. The van der Waals surface area contributed by atoms with Crippen LogP contribution < -0.4 is 10.6 Å². The summed E-state index contributed by atoms with van der Waals surface area (Å²) in [6.45, 7) is 12.6. The number of aromatic nitrogens is 2. The number of nitrogens with zero attached hydrogens (tertiary/aromatic N) is 3. The lowest BCUT2D eigenvalue weighted by atomic mass is 9.64. The van der Waals surface area contributed by atoms with Gasteiger partial charge in [-0.1, -0.05) is 32.3 Å². The molecule has 1 aromatic heterocycles. The molecule has 2 rings (SSSR count). The molecule has 1 aliphatic rings. The largest absolute Gasteiger partial charge is 0.378 e. The molecule has 0 amide bonds. The molecule has 1 saturated carbocycles. The van der Waals surface area contributed by atoms with Crippen molar-refractivity contribution in [3.63, 3.8) is 0 Å². The molecular weight excluding hydrogens is 433 g/mol. The van der Waals surface area contributed by atoms with E-state index in [2.05, 4.69) is 53.5 Å². The van der Waals surface area contributed by atoms with E-state index < -0.39 is 0 Å². The van der Waals surface area contributed by atoms with Crippen LogP contribution in [0.5, 0.6) is 0 Å². The second-order valence-electron chi connectivity index (χ2n) is 6.89. The Morgan fingerprint density at radius 3 is 2.72 bits per heavy atom. The average Bonchev–Trinajstić information content (AvgIpc) is 2.96. The van der Waals surface area contributed by atoms with Crippen molar-refractivity contribution < 1.29 is 9.26 Å². The van der Waals surface area contributed by atoms with Gasteiger partial charge in [0.15, 0.2) is 11.8 Å². The molecule has 144 valence electrons. The normalized spacial score (nSPS) is 22.0. The van der Waals surface area contributed by atoms with Gasteiger partial charge in [0.05, 0.1) is 6.10 Å². The van der Waals surface area contributed by atoms with Gasteiger partial charge in [0.1, 0.15) is 6.54 Å². The molecule has 7 nitrogen and oxygen atoms in total. The summed E-state index contributed by atoms with van der Waals surface area (Å²) in [5.74, 6) is 1.94. The first-order chi connectivity index (χ1) is 11.5. The van der Waals surface area contributed by atoms with Gasteiger partial charge in [0.25, 0.3) is 0 Å². The van der Waals surface area contributed by atoms with E-state index in [9.17, 15) is 0 Å². The molecule has 2 unspecified atom stereocenters. The molecule has 0 aliphatic heterocycles. The standard InChI is InChI=1S/C17H31N5O2.HI/c1-6-8-9-23-14-10-13(17(14,4)5)21-16(18-7-2)19-11-15-20-12(3)24-22-15;/h13-14H,6-11H2,1-5H3,(H2,18,19,21);1H. The first kappa shape index (κ1) is 22.1. The van der Waals surface area contributed by atoms with Gasteiger partial charge < -0.3 is 19.9 Å². The number of aryl methyl sites for hydroxylation is 1. The van der Waals surface area contributed by atoms with E-state index in [1.807, 2.05) is 0 Å². The Labute approximate surface area is 167 Å². The van der Waals surface area contributed by atoms with Crippen molar-refractivity contribution in [2.75, 3.05) is 13.2 Å². The van der Waals surface area contributed by atoms with Crippen LogP contribution in [0.1, 0.15) is 58.7 Å². The Morgan fingerprint density at radius 1 is 1.40 bits per heavy atom. The maximum Gasteiger partial charge on any atom is 0.223 e. The summed E-state index contributed by atoms with van der Waals surface area (Å²) in [5.41, 5.74) is 0.0899. The summed E-state index contributed by atoms with van der Waals surface area (Å²) < 4.78 is 11.0. The molecule has 2 N–H and O–H groups in total. The van der Waals surface area contributed by atoms with Crippen molar-refractivity contribution in [2.45, 2.75) is 72.6 Å². The summed E-state index contributed by atoms with van der Waals surface area (Å²) in [5, 5.41) is 10.7. The minimum atomic E-state index is 0. The van der Waals surface area contributed by atoms with E-state index in [1.54, 1.807) is 6.92 Å². The van der Waals surface area contributed by atoms with E-state index in [4.69, 9.17) is 9.26 Å². The zero-order valence-electron chi connectivity index (χ0n) is 16.0. The van der Waals surface area contributed by atoms with E-state index in [1.165, 1.54) is 6.42 Å². The fraction of sp³-hybridized carbons (Fsp3) is 0.824. The van der Waals surface area contributed by atoms with Crippen molar-refractivity contribution in [1.29, 1.82) is 0 Å². The molecule has 0 aromatic carbocycles. The molecule has 0 spiro atoms. The third kappa shape index (κ3) is 6.09. The quantitative estimate of drug-likeness (QED) is 0.266. The number of guanidine groups is 1.